The fourth-order valence-electron chi connectivity index (χ4n) is 3.13. The highest BCUT2D eigenvalue weighted by Crippen LogP contribution is 2.38. The largest absolute Gasteiger partial charge is 0.494 e. The number of aromatic nitrogens is 4. The number of nitrogens with zero attached hydrogens (tertiary/aromatic N) is 4. The van der Waals surface area contributed by atoms with Gasteiger partial charge in [-0.25, -0.2) is 0 Å². The van der Waals surface area contributed by atoms with Crippen LogP contribution in [0.4, 0.5) is 0 Å². The molecule has 0 bridgehead atoms. The van der Waals surface area contributed by atoms with Crippen LogP contribution in [0.2, 0.25) is 0 Å². The number of benzene rings is 3. The van der Waals surface area contributed by atoms with E-state index in [0.29, 0.717) is 16.5 Å². The molecule has 0 N–H and O–H groups in total. The topological polar surface area (TPSA) is 69.9 Å². The number of tetrazole rings is 1. The molecule has 0 aliphatic rings. The Labute approximate surface area is 178 Å². The molecule has 1 atom stereocenters. The first-order valence-corrected chi connectivity index (χ1v) is 10.3. The lowest BCUT2D eigenvalue weighted by atomic mass is 10.0. The van der Waals surface area contributed by atoms with Crippen LogP contribution in [-0.4, -0.2) is 33.1 Å². The zero-order valence-corrected chi connectivity index (χ0v) is 17.4. The summed E-state index contributed by atoms with van der Waals surface area (Å²) in [6.45, 7) is 1.99. The van der Waals surface area contributed by atoms with Crippen LogP contribution in [0.3, 0.4) is 0 Å². The van der Waals surface area contributed by atoms with E-state index >= 15 is 0 Å². The van der Waals surface area contributed by atoms with Crippen LogP contribution in [0.15, 0.2) is 84.0 Å². The van der Waals surface area contributed by atoms with Crippen molar-refractivity contribution >= 4 is 17.5 Å². The van der Waals surface area contributed by atoms with Crippen LogP contribution in [-0.2, 0) is 0 Å². The Morgan fingerprint density at radius 1 is 1.00 bits per heavy atom. The van der Waals surface area contributed by atoms with Crippen molar-refractivity contribution in [3.8, 4) is 11.4 Å². The van der Waals surface area contributed by atoms with Gasteiger partial charge in [0, 0.05) is 5.56 Å². The molecule has 6 nitrogen and oxygen atoms in total. The number of ketones is 1. The van der Waals surface area contributed by atoms with E-state index < -0.39 is 5.25 Å². The van der Waals surface area contributed by atoms with Crippen molar-refractivity contribution in [1.29, 1.82) is 0 Å². The molecule has 0 aliphatic carbocycles. The number of rotatable bonds is 7. The summed E-state index contributed by atoms with van der Waals surface area (Å²) in [6, 6.07) is 24.7. The minimum absolute atomic E-state index is 0.00226. The Bertz CT molecular complexity index is 1150. The summed E-state index contributed by atoms with van der Waals surface area (Å²) in [5, 5.41) is 12.2. The number of thioether (sulfide) groups is 1. The van der Waals surface area contributed by atoms with Gasteiger partial charge < -0.3 is 4.74 Å². The Hall–Kier alpha value is -3.45. The highest BCUT2D eigenvalue weighted by atomic mass is 32.2. The lowest BCUT2D eigenvalue weighted by Gasteiger charge is -2.16. The van der Waals surface area contributed by atoms with Crippen LogP contribution in [0, 0.1) is 6.92 Å². The molecule has 7 heteroatoms. The lowest BCUT2D eigenvalue weighted by molar-refractivity contribution is 0.0989. The minimum Gasteiger partial charge on any atom is -0.494 e. The second-order valence-electron chi connectivity index (χ2n) is 6.69. The standard InChI is InChI=1S/C23H20N4O2S/c1-16-13-14-20(29-2)19(15-16)27-23(24-25-26-27)30-22(18-11-7-4-8-12-18)21(28)17-9-5-3-6-10-17/h3-15,22H,1-2H3/t22-/m1/s1. The number of aryl methyl sites for hydroxylation is 1. The maximum atomic E-state index is 13.4. The highest BCUT2D eigenvalue weighted by Gasteiger charge is 2.26. The monoisotopic (exact) mass is 416 g/mol. The lowest BCUT2D eigenvalue weighted by Crippen LogP contribution is -2.11. The third kappa shape index (κ3) is 4.11. The average molecular weight is 417 g/mol. The fraction of sp³-hybridized carbons (Fsp3) is 0.130. The first-order valence-electron chi connectivity index (χ1n) is 9.41. The molecule has 0 aliphatic heterocycles. The number of carbonyl (C=O) groups is 1. The Morgan fingerprint density at radius 3 is 2.40 bits per heavy atom. The summed E-state index contributed by atoms with van der Waals surface area (Å²) in [6.07, 6.45) is 0. The molecule has 1 heterocycles. The molecule has 0 fully saturated rings. The van der Waals surface area contributed by atoms with Crippen LogP contribution >= 0.6 is 11.8 Å². The summed E-state index contributed by atoms with van der Waals surface area (Å²) < 4.78 is 7.11. The first-order chi connectivity index (χ1) is 14.7. The van der Waals surface area contributed by atoms with Crippen molar-refractivity contribution in [3.63, 3.8) is 0 Å². The summed E-state index contributed by atoms with van der Waals surface area (Å²) >= 11 is 1.32. The fourth-order valence-corrected chi connectivity index (χ4v) is 4.19. The summed E-state index contributed by atoms with van der Waals surface area (Å²) in [4.78, 5) is 13.4. The average Bonchev–Trinajstić information content (AvgIpc) is 3.26. The first kappa shape index (κ1) is 19.8. The van der Waals surface area contributed by atoms with Crippen LogP contribution < -0.4 is 4.74 Å². The van der Waals surface area contributed by atoms with Gasteiger partial charge in [0.15, 0.2) is 5.78 Å². The minimum atomic E-state index is -0.492. The maximum Gasteiger partial charge on any atom is 0.215 e. The number of carbonyl (C=O) groups excluding carboxylic acids is 1. The van der Waals surface area contributed by atoms with Crippen molar-refractivity contribution in [2.45, 2.75) is 17.3 Å². The molecular formula is C23H20N4O2S. The SMILES string of the molecule is COc1ccc(C)cc1-n1nnnc1S[C@@H](C(=O)c1ccccc1)c1ccccc1. The molecule has 0 radical (unpaired) electrons. The van der Waals surface area contributed by atoms with E-state index in [1.807, 2.05) is 85.8 Å². The van der Waals surface area contributed by atoms with Crippen molar-refractivity contribution in [3.05, 3.63) is 95.6 Å². The summed E-state index contributed by atoms with van der Waals surface area (Å²) in [5.74, 6) is 0.651. The summed E-state index contributed by atoms with van der Waals surface area (Å²) in [7, 11) is 1.61. The van der Waals surface area contributed by atoms with E-state index in [2.05, 4.69) is 15.5 Å². The van der Waals surface area contributed by atoms with Gasteiger partial charge in [-0.3, -0.25) is 4.79 Å². The normalized spacial score (nSPS) is 11.8. The van der Waals surface area contributed by atoms with Crippen LogP contribution in [0.5, 0.6) is 5.75 Å². The van der Waals surface area contributed by atoms with Gasteiger partial charge in [-0.05, 0) is 40.6 Å². The highest BCUT2D eigenvalue weighted by molar-refractivity contribution is 8.00. The molecule has 0 amide bonds. The van der Waals surface area contributed by atoms with E-state index in [4.69, 9.17) is 4.74 Å². The molecule has 0 spiro atoms. The molecule has 0 saturated heterocycles. The Morgan fingerprint density at radius 2 is 1.70 bits per heavy atom. The second-order valence-corrected chi connectivity index (χ2v) is 7.76. The quantitative estimate of drug-likeness (QED) is 0.321. The molecule has 4 rings (SSSR count). The van der Waals surface area contributed by atoms with E-state index in [1.165, 1.54) is 11.8 Å². The van der Waals surface area contributed by atoms with Gasteiger partial charge in [-0.1, -0.05) is 78.5 Å². The smallest absolute Gasteiger partial charge is 0.215 e. The van der Waals surface area contributed by atoms with Crippen molar-refractivity contribution in [1.82, 2.24) is 20.2 Å². The van der Waals surface area contributed by atoms with Crippen molar-refractivity contribution in [2.75, 3.05) is 7.11 Å². The molecule has 0 saturated carbocycles. The molecule has 150 valence electrons. The van der Waals surface area contributed by atoms with Gasteiger partial charge in [0.05, 0.1) is 7.11 Å². The predicted molar refractivity (Wildman–Crippen MR) is 116 cm³/mol. The zero-order chi connectivity index (χ0) is 20.9. The molecular weight excluding hydrogens is 396 g/mol. The number of ether oxygens (including phenoxy) is 1. The van der Waals surface area contributed by atoms with E-state index in [-0.39, 0.29) is 5.78 Å². The Balaban J connectivity index is 1.75. The summed E-state index contributed by atoms with van der Waals surface area (Å²) in [5.41, 5.74) is 3.31. The van der Waals surface area contributed by atoms with Crippen LogP contribution in [0.25, 0.3) is 5.69 Å². The van der Waals surface area contributed by atoms with Gasteiger partial charge in [0.2, 0.25) is 5.16 Å². The van der Waals surface area contributed by atoms with Gasteiger partial charge in [0.25, 0.3) is 0 Å². The van der Waals surface area contributed by atoms with Gasteiger partial charge >= 0.3 is 0 Å². The number of Topliss-reactive ketones (excluding diaryl/α,β-unsaturated/α-hetero) is 1. The van der Waals surface area contributed by atoms with Gasteiger partial charge in [-0.15, -0.1) is 5.10 Å². The molecule has 3 aromatic carbocycles. The van der Waals surface area contributed by atoms with Gasteiger partial charge in [0.1, 0.15) is 16.7 Å². The third-order valence-corrected chi connectivity index (χ3v) is 5.81. The Kier molecular flexibility index (Phi) is 5.90. The predicted octanol–water partition coefficient (Wildman–Crippen LogP) is 4.70. The second kappa shape index (κ2) is 8.92. The molecule has 1 aromatic heterocycles. The van der Waals surface area contributed by atoms with E-state index in [1.54, 1.807) is 11.8 Å². The van der Waals surface area contributed by atoms with E-state index in [0.717, 1.165) is 16.8 Å². The van der Waals surface area contributed by atoms with E-state index in [9.17, 15) is 4.79 Å². The van der Waals surface area contributed by atoms with Crippen molar-refractivity contribution in [2.24, 2.45) is 0 Å². The zero-order valence-electron chi connectivity index (χ0n) is 16.6. The molecule has 30 heavy (non-hydrogen) atoms. The van der Waals surface area contributed by atoms with Crippen LogP contribution in [0.1, 0.15) is 26.7 Å². The number of hydrogen-bond acceptors (Lipinski definition) is 6. The van der Waals surface area contributed by atoms with Crippen molar-refractivity contribution < 1.29 is 9.53 Å². The number of hydrogen-bond donors (Lipinski definition) is 0. The molecule has 4 aromatic rings. The third-order valence-electron chi connectivity index (χ3n) is 4.63. The van der Waals surface area contributed by atoms with Gasteiger partial charge in [-0.2, -0.15) is 4.68 Å². The molecule has 0 unspecified atom stereocenters. The maximum absolute atomic E-state index is 13.4. The number of methoxy groups -OCH3 is 1.